The highest BCUT2D eigenvalue weighted by atomic mass is 32.2. The van der Waals surface area contributed by atoms with E-state index in [4.69, 9.17) is 4.74 Å². The van der Waals surface area contributed by atoms with Crippen LogP contribution < -0.4 is 10.1 Å². The van der Waals surface area contributed by atoms with Gasteiger partial charge in [-0.25, -0.2) is 0 Å². The van der Waals surface area contributed by atoms with Crippen LogP contribution in [0.2, 0.25) is 0 Å². The second-order valence-electron chi connectivity index (χ2n) is 6.50. The lowest BCUT2D eigenvalue weighted by Gasteiger charge is -2.10. The number of hydrogen-bond acceptors (Lipinski definition) is 5. The van der Waals surface area contributed by atoms with Gasteiger partial charge in [0.2, 0.25) is 5.91 Å². The summed E-state index contributed by atoms with van der Waals surface area (Å²) in [4.78, 5) is 12.1. The monoisotopic (exact) mass is 396 g/mol. The molecule has 6 nitrogen and oxygen atoms in total. The van der Waals surface area contributed by atoms with Crippen LogP contribution in [0.4, 0.5) is 0 Å². The molecule has 0 bridgehead atoms. The van der Waals surface area contributed by atoms with Gasteiger partial charge in [0, 0.05) is 13.6 Å². The summed E-state index contributed by atoms with van der Waals surface area (Å²) in [6.07, 6.45) is 0. The highest BCUT2D eigenvalue weighted by Gasteiger charge is 2.12. The first kappa shape index (κ1) is 19.9. The highest BCUT2D eigenvalue weighted by molar-refractivity contribution is 7.99. The molecule has 0 fully saturated rings. The Hall–Kier alpha value is -2.80. The van der Waals surface area contributed by atoms with Crippen molar-refractivity contribution in [2.75, 3.05) is 5.75 Å². The van der Waals surface area contributed by atoms with Gasteiger partial charge in [0.1, 0.15) is 12.4 Å². The molecule has 1 N–H and O–H groups in total. The number of carbonyl (C=O) groups is 1. The van der Waals surface area contributed by atoms with E-state index in [0.29, 0.717) is 24.1 Å². The van der Waals surface area contributed by atoms with Gasteiger partial charge < -0.3 is 14.6 Å². The molecule has 0 unspecified atom stereocenters. The molecule has 3 rings (SSSR count). The fourth-order valence-corrected chi connectivity index (χ4v) is 3.36. The first-order chi connectivity index (χ1) is 13.5. The number of nitrogens with zero attached hydrogens (tertiary/aromatic N) is 3. The number of aromatic nitrogens is 3. The van der Waals surface area contributed by atoms with E-state index < -0.39 is 0 Å². The number of benzene rings is 2. The molecule has 7 heteroatoms. The fourth-order valence-electron chi connectivity index (χ4n) is 2.60. The third kappa shape index (κ3) is 5.13. The number of aryl methyl sites for hydroxylation is 1. The molecule has 1 aromatic heterocycles. The minimum Gasteiger partial charge on any atom is -0.485 e. The van der Waals surface area contributed by atoms with Crippen molar-refractivity contribution in [1.29, 1.82) is 0 Å². The number of carbonyl (C=O) groups excluding carboxylic acids is 1. The van der Waals surface area contributed by atoms with Crippen LogP contribution in [0.25, 0.3) is 0 Å². The molecule has 146 valence electrons. The number of hydrogen-bond donors (Lipinski definition) is 1. The summed E-state index contributed by atoms with van der Waals surface area (Å²) in [6.45, 7) is 4.95. The molecular weight excluding hydrogens is 372 g/mol. The lowest BCUT2D eigenvalue weighted by atomic mass is 10.1. The van der Waals surface area contributed by atoms with E-state index in [1.807, 2.05) is 61.0 Å². The lowest BCUT2D eigenvalue weighted by Crippen LogP contribution is -2.24. The molecule has 1 heterocycles. The molecule has 0 saturated heterocycles. The average molecular weight is 397 g/mol. The van der Waals surface area contributed by atoms with Crippen LogP contribution in [-0.2, 0) is 25.0 Å². The van der Waals surface area contributed by atoms with Gasteiger partial charge in [-0.1, -0.05) is 54.2 Å². The van der Waals surface area contributed by atoms with Crippen molar-refractivity contribution in [2.45, 2.75) is 32.2 Å². The minimum absolute atomic E-state index is 0.0370. The van der Waals surface area contributed by atoms with Crippen molar-refractivity contribution in [3.05, 3.63) is 71.0 Å². The van der Waals surface area contributed by atoms with Crippen molar-refractivity contribution in [2.24, 2.45) is 7.05 Å². The average Bonchev–Trinajstić information content (AvgIpc) is 3.06. The fraction of sp³-hybridized carbons (Fsp3) is 0.286. The molecule has 0 aliphatic carbocycles. The molecule has 0 atom stereocenters. The van der Waals surface area contributed by atoms with Gasteiger partial charge in [-0.05, 0) is 36.6 Å². The number of nitrogens with one attached hydrogen (secondary N) is 1. The van der Waals surface area contributed by atoms with Crippen LogP contribution >= 0.6 is 11.8 Å². The zero-order valence-corrected chi connectivity index (χ0v) is 17.1. The number of amides is 1. The van der Waals surface area contributed by atoms with Crippen LogP contribution in [0.15, 0.2) is 53.7 Å². The van der Waals surface area contributed by atoms with Gasteiger partial charge >= 0.3 is 0 Å². The van der Waals surface area contributed by atoms with Crippen LogP contribution in [0.1, 0.15) is 22.5 Å². The maximum absolute atomic E-state index is 12.1. The smallest absolute Gasteiger partial charge is 0.230 e. The summed E-state index contributed by atoms with van der Waals surface area (Å²) in [5.74, 6) is 1.81. The van der Waals surface area contributed by atoms with Crippen LogP contribution in [0, 0.1) is 13.8 Å². The Kier molecular flexibility index (Phi) is 6.71. The highest BCUT2D eigenvalue weighted by Crippen LogP contribution is 2.22. The van der Waals surface area contributed by atoms with Crippen LogP contribution in [0.3, 0.4) is 0 Å². The minimum atomic E-state index is -0.0370. The second-order valence-corrected chi connectivity index (χ2v) is 7.44. The SMILES string of the molecule is Cc1cccc(OCc2nnc(SCC(=O)NCc3ccccc3)n2C)c1C. The summed E-state index contributed by atoms with van der Waals surface area (Å²) in [7, 11) is 1.88. The van der Waals surface area contributed by atoms with Crippen LogP contribution in [-0.4, -0.2) is 26.4 Å². The Labute approximate surface area is 169 Å². The maximum atomic E-state index is 12.1. The van der Waals surface area contributed by atoms with Gasteiger partial charge in [0.05, 0.1) is 5.75 Å². The number of ether oxygens (including phenoxy) is 1. The van der Waals surface area contributed by atoms with Gasteiger partial charge in [0.15, 0.2) is 11.0 Å². The van der Waals surface area contributed by atoms with Crippen molar-refractivity contribution < 1.29 is 9.53 Å². The third-order valence-corrected chi connectivity index (χ3v) is 5.52. The van der Waals surface area contributed by atoms with Crippen molar-refractivity contribution >= 4 is 17.7 Å². The molecule has 2 aromatic carbocycles. The standard InChI is InChI=1S/C21H24N4O2S/c1-15-8-7-11-18(16(15)2)27-13-19-23-24-21(25(19)3)28-14-20(26)22-12-17-9-5-4-6-10-17/h4-11H,12-14H2,1-3H3,(H,22,26). The quantitative estimate of drug-likeness (QED) is 0.591. The molecule has 0 aliphatic heterocycles. The molecule has 0 radical (unpaired) electrons. The van der Waals surface area contributed by atoms with E-state index >= 15 is 0 Å². The largest absolute Gasteiger partial charge is 0.485 e. The Morgan fingerprint density at radius 3 is 2.68 bits per heavy atom. The maximum Gasteiger partial charge on any atom is 0.230 e. The molecule has 0 spiro atoms. The Morgan fingerprint density at radius 1 is 1.11 bits per heavy atom. The van der Waals surface area contributed by atoms with E-state index in [1.54, 1.807) is 0 Å². The molecule has 0 saturated carbocycles. The third-order valence-electron chi connectivity index (χ3n) is 4.50. The summed E-state index contributed by atoms with van der Waals surface area (Å²) in [5.41, 5.74) is 3.38. The Bertz CT molecular complexity index is 941. The van der Waals surface area contributed by atoms with E-state index in [-0.39, 0.29) is 11.7 Å². The second kappa shape index (κ2) is 9.41. The molecule has 0 aliphatic rings. The zero-order valence-electron chi connectivity index (χ0n) is 16.3. The molecular formula is C21H24N4O2S. The van der Waals surface area contributed by atoms with Crippen LogP contribution in [0.5, 0.6) is 5.75 Å². The topological polar surface area (TPSA) is 69.0 Å². The molecule has 28 heavy (non-hydrogen) atoms. The zero-order chi connectivity index (χ0) is 19.9. The summed E-state index contributed by atoms with van der Waals surface area (Å²) in [6, 6.07) is 15.8. The summed E-state index contributed by atoms with van der Waals surface area (Å²) >= 11 is 1.36. The summed E-state index contributed by atoms with van der Waals surface area (Å²) < 4.78 is 7.76. The molecule has 1 amide bonds. The van der Waals surface area contributed by atoms with E-state index in [1.165, 1.54) is 17.3 Å². The summed E-state index contributed by atoms with van der Waals surface area (Å²) in [5, 5.41) is 12.0. The van der Waals surface area contributed by atoms with E-state index in [9.17, 15) is 4.79 Å². The van der Waals surface area contributed by atoms with E-state index in [0.717, 1.165) is 16.9 Å². The number of thioether (sulfide) groups is 1. The number of rotatable bonds is 8. The first-order valence-corrected chi connectivity index (χ1v) is 10.0. The lowest BCUT2D eigenvalue weighted by molar-refractivity contribution is -0.118. The predicted molar refractivity (Wildman–Crippen MR) is 110 cm³/mol. The normalized spacial score (nSPS) is 10.7. The first-order valence-electron chi connectivity index (χ1n) is 9.05. The van der Waals surface area contributed by atoms with Gasteiger partial charge in [-0.15, -0.1) is 10.2 Å². The predicted octanol–water partition coefficient (Wildman–Crippen LogP) is 3.42. The van der Waals surface area contributed by atoms with Gasteiger partial charge in [0.25, 0.3) is 0 Å². The molecule has 3 aromatic rings. The van der Waals surface area contributed by atoms with Gasteiger partial charge in [-0.3, -0.25) is 4.79 Å². The van der Waals surface area contributed by atoms with Crippen molar-refractivity contribution in [3.63, 3.8) is 0 Å². The van der Waals surface area contributed by atoms with E-state index in [2.05, 4.69) is 28.5 Å². The Morgan fingerprint density at radius 2 is 1.89 bits per heavy atom. The van der Waals surface area contributed by atoms with Gasteiger partial charge in [-0.2, -0.15) is 0 Å². The van der Waals surface area contributed by atoms with Crippen molar-refractivity contribution in [3.8, 4) is 5.75 Å². The van der Waals surface area contributed by atoms with Crippen molar-refractivity contribution in [1.82, 2.24) is 20.1 Å². The Balaban J connectivity index is 1.50.